The standard InChI is InChI=1S/C24H29FN6O4S/c1-13(2)21-29-24(35-30-21)14-9-15-5-6-16(10-14)31(15)23-20(34-3)22(26-12-27-23)28-19-8-7-17(11-18(19)25)36(4,32)33/h7-8,11-16H,5-6,9-10H2,1-4H3,(H,26,27,28). The van der Waals surface area contributed by atoms with Gasteiger partial charge in [-0.1, -0.05) is 19.0 Å². The van der Waals surface area contributed by atoms with Crippen LogP contribution in [-0.2, 0) is 9.84 Å². The van der Waals surface area contributed by atoms with Crippen LogP contribution in [-0.4, -0.2) is 54.0 Å². The molecular formula is C24H29FN6O4S. The normalized spacial score (nSPS) is 21.7. The highest BCUT2D eigenvalue weighted by Gasteiger charge is 2.44. The van der Waals surface area contributed by atoms with Gasteiger partial charge in [-0.15, -0.1) is 0 Å². The minimum absolute atomic E-state index is 0.0874. The molecule has 0 amide bonds. The molecule has 12 heteroatoms. The van der Waals surface area contributed by atoms with E-state index >= 15 is 0 Å². The minimum atomic E-state index is -3.52. The second kappa shape index (κ2) is 9.30. The fourth-order valence-electron chi connectivity index (χ4n) is 5.15. The number of fused-ring (bicyclic) bond motifs is 2. The topological polar surface area (TPSA) is 123 Å². The summed E-state index contributed by atoms with van der Waals surface area (Å²) in [5.74, 6) is 2.45. The molecular weight excluding hydrogens is 487 g/mol. The van der Waals surface area contributed by atoms with E-state index in [4.69, 9.17) is 9.26 Å². The number of methoxy groups -OCH3 is 1. The molecule has 1 N–H and O–H groups in total. The fourth-order valence-corrected chi connectivity index (χ4v) is 5.79. The summed E-state index contributed by atoms with van der Waals surface area (Å²) in [4.78, 5) is 15.6. The lowest BCUT2D eigenvalue weighted by atomic mass is 9.90. The molecule has 2 bridgehead atoms. The number of ether oxygens (including phenoxy) is 1. The molecule has 0 saturated carbocycles. The number of benzene rings is 1. The zero-order chi connectivity index (χ0) is 25.6. The molecule has 5 rings (SSSR count). The van der Waals surface area contributed by atoms with Crippen LogP contribution in [0.25, 0.3) is 0 Å². The Labute approximate surface area is 209 Å². The van der Waals surface area contributed by atoms with Gasteiger partial charge in [-0.2, -0.15) is 4.98 Å². The van der Waals surface area contributed by atoms with Crippen molar-refractivity contribution in [3.05, 3.63) is 42.1 Å². The van der Waals surface area contributed by atoms with Crippen molar-refractivity contribution in [2.45, 2.75) is 68.3 Å². The maximum absolute atomic E-state index is 14.7. The third-order valence-electron chi connectivity index (χ3n) is 6.91. The van der Waals surface area contributed by atoms with E-state index in [0.29, 0.717) is 23.3 Å². The lowest BCUT2D eigenvalue weighted by Crippen LogP contribution is -2.43. The van der Waals surface area contributed by atoms with E-state index in [1.807, 2.05) is 13.8 Å². The first-order valence-electron chi connectivity index (χ1n) is 11.9. The molecule has 4 heterocycles. The monoisotopic (exact) mass is 516 g/mol. The summed E-state index contributed by atoms with van der Waals surface area (Å²) < 4.78 is 49.5. The quantitative estimate of drug-likeness (QED) is 0.489. The molecule has 1 aromatic carbocycles. The predicted octanol–water partition coefficient (Wildman–Crippen LogP) is 4.19. The first-order chi connectivity index (χ1) is 17.2. The third kappa shape index (κ3) is 4.49. The average molecular weight is 517 g/mol. The van der Waals surface area contributed by atoms with Crippen molar-refractivity contribution in [1.29, 1.82) is 0 Å². The van der Waals surface area contributed by atoms with Crippen molar-refractivity contribution in [1.82, 2.24) is 20.1 Å². The van der Waals surface area contributed by atoms with E-state index in [0.717, 1.165) is 43.8 Å². The number of piperidine rings is 1. The van der Waals surface area contributed by atoms with E-state index in [1.165, 1.54) is 25.6 Å². The van der Waals surface area contributed by atoms with Gasteiger partial charge in [0, 0.05) is 30.2 Å². The summed E-state index contributed by atoms with van der Waals surface area (Å²) in [6.45, 7) is 4.08. The van der Waals surface area contributed by atoms with Crippen LogP contribution in [0.15, 0.2) is 33.9 Å². The van der Waals surface area contributed by atoms with E-state index < -0.39 is 15.7 Å². The van der Waals surface area contributed by atoms with Crippen molar-refractivity contribution >= 4 is 27.2 Å². The van der Waals surface area contributed by atoms with Crippen molar-refractivity contribution < 1.29 is 22.1 Å². The van der Waals surface area contributed by atoms with Crippen molar-refractivity contribution in [2.24, 2.45) is 0 Å². The van der Waals surface area contributed by atoms with Gasteiger partial charge in [0.15, 0.2) is 27.3 Å². The van der Waals surface area contributed by atoms with Crippen LogP contribution in [0.1, 0.15) is 63.1 Å². The summed E-state index contributed by atoms with van der Waals surface area (Å²) >= 11 is 0. The Morgan fingerprint density at radius 2 is 1.92 bits per heavy atom. The lowest BCUT2D eigenvalue weighted by molar-refractivity contribution is 0.302. The first-order valence-corrected chi connectivity index (χ1v) is 13.8. The van der Waals surface area contributed by atoms with E-state index in [-0.39, 0.29) is 34.5 Å². The predicted molar refractivity (Wildman–Crippen MR) is 131 cm³/mol. The number of hydrogen-bond donors (Lipinski definition) is 1. The van der Waals surface area contributed by atoms with Crippen LogP contribution in [0.4, 0.5) is 21.7 Å². The highest BCUT2D eigenvalue weighted by atomic mass is 32.2. The maximum atomic E-state index is 14.7. The van der Waals surface area contributed by atoms with Crippen LogP contribution in [0.2, 0.25) is 0 Å². The molecule has 10 nitrogen and oxygen atoms in total. The molecule has 2 unspecified atom stereocenters. The molecule has 2 atom stereocenters. The number of anilines is 3. The maximum Gasteiger partial charge on any atom is 0.229 e. The van der Waals surface area contributed by atoms with Crippen molar-refractivity contribution in [2.75, 3.05) is 23.6 Å². The van der Waals surface area contributed by atoms with Gasteiger partial charge in [0.25, 0.3) is 0 Å². The highest BCUT2D eigenvalue weighted by Crippen LogP contribution is 2.47. The van der Waals surface area contributed by atoms with Crippen LogP contribution >= 0.6 is 0 Å². The van der Waals surface area contributed by atoms with Gasteiger partial charge in [0.2, 0.25) is 11.6 Å². The summed E-state index contributed by atoms with van der Waals surface area (Å²) in [7, 11) is -2.00. The Kier molecular flexibility index (Phi) is 6.31. The molecule has 0 radical (unpaired) electrons. The van der Waals surface area contributed by atoms with Gasteiger partial charge >= 0.3 is 0 Å². The zero-order valence-corrected chi connectivity index (χ0v) is 21.4. The SMILES string of the molecule is COc1c(Nc2ccc(S(C)(=O)=O)cc2F)ncnc1N1C2CCC1CC(c1nc(C(C)C)no1)C2. The summed E-state index contributed by atoms with van der Waals surface area (Å²) in [6.07, 6.45) is 6.17. The number of sulfone groups is 1. The number of nitrogens with zero attached hydrogens (tertiary/aromatic N) is 5. The Balaban J connectivity index is 1.40. The van der Waals surface area contributed by atoms with Crippen molar-refractivity contribution in [3.63, 3.8) is 0 Å². The molecule has 2 saturated heterocycles. The number of rotatable bonds is 7. The molecule has 36 heavy (non-hydrogen) atoms. The molecule has 2 fully saturated rings. The molecule has 0 aliphatic carbocycles. The van der Waals surface area contributed by atoms with E-state index in [1.54, 1.807) is 0 Å². The van der Waals surface area contributed by atoms with Crippen LogP contribution in [0, 0.1) is 5.82 Å². The molecule has 3 aromatic rings. The van der Waals surface area contributed by atoms with Crippen LogP contribution in [0.5, 0.6) is 5.75 Å². The second-order valence-electron chi connectivity index (χ2n) is 9.72. The Morgan fingerprint density at radius 1 is 1.19 bits per heavy atom. The van der Waals surface area contributed by atoms with Crippen LogP contribution in [0.3, 0.4) is 0 Å². The zero-order valence-electron chi connectivity index (χ0n) is 20.6. The molecule has 2 aromatic heterocycles. The lowest BCUT2D eigenvalue weighted by Gasteiger charge is -2.39. The van der Waals surface area contributed by atoms with Gasteiger partial charge in [-0.25, -0.2) is 22.8 Å². The van der Waals surface area contributed by atoms with Gasteiger partial charge in [0.1, 0.15) is 12.1 Å². The molecule has 2 aliphatic rings. The van der Waals surface area contributed by atoms with E-state index in [9.17, 15) is 12.8 Å². The largest absolute Gasteiger partial charge is 0.490 e. The number of aromatic nitrogens is 4. The van der Waals surface area contributed by atoms with E-state index in [2.05, 4.69) is 30.3 Å². The van der Waals surface area contributed by atoms with Gasteiger partial charge in [-0.3, -0.25) is 0 Å². The summed E-state index contributed by atoms with van der Waals surface area (Å²) in [5, 5.41) is 7.07. The summed E-state index contributed by atoms with van der Waals surface area (Å²) in [5.41, 5.74) is 0.0874. The third-order valence-corrected chi connectivity index (χ3v) is 8.02. The van der Waals surface area contributed by atoms with Gasteiger partial charge < -0.3 is 19.5 Å². The minimum Gasteiger partial charge on any atom is -0.490 e. The first kappa shape index (κ1) is 24.4. The molecule has 0 spiro atoms. The number of hydrogen-bond acceptors (Lipinski definition) is 10. The highest BCUT2D eigenvalue weighted by molar-refractivity contribution is 7.90. The Bertz CT molecular complexity index is 1360. The smallest absolute Gasteiger partial charge is 0.229 e. The summed E-state index contributed by atoms with van der Waals surface area (Å²) in [6, 6.07) is 4.14. The fraction of sp³-hybridized carbons (Fsp3) is 0.500. The number of nitrogens with one attached hydrogen (secondary N) is 1. The average Bonchev–Trinajstić information content (AvgIpc) is 3.42. The Morgan fingerprint density at radius 3 is 2.50 bits per heavy atom. The van der Waals surface area contributed by atoms with Gasteiger partial charge in [-0.05, 0) is 43.9 Å². The van der Waals surface area contributed by atoms with Gasteiger partial charge in [0.05, 0.1) is 17.7 Å². The number of halogens is 1. The van der Waals surface area contributed by atoms with Crippen LogP contribution < -0.4 is 15.0 Å². The second-order valence-corrected chi connectivity index (χ2v) is 11.7. The van der Waals surface area contributed by atoms with Crippen molar-refractivity contribution in [3.8, 4) is 5.75 Å². The molecule has 192 valence electrons. The Hall–Kier alpha value is -3.28. The molecule has 2 aliphatic heterocycles.